The van der Waals surface area contributed by atoms with Crippen molar-refractivity contribution in [2.24, 2.45) is 20.5 Å². The summed E-state index contributed by atoms with van der Waals surface area (Å²) in [5.74, 6) is 4.83. The summed E-state index contributed by atoms with van der Waals surface area (Å²) >= 11 is 0. The summed E-state index contributed by atoms with van der Waals surface area (Å²) in [5.41, 5.74) is -0.830. The molecule has 68 heavy (non-hydrogen) atoms. The molecule has 4 atom stereocenters. The number of H-pyrrole nitrogens is 1. The summed E-state index contributed by atoms with van der Waals surface area (Å²) in [4.78, 5) is 76.7. The third kappa shape index (κ3) is 16.7. The number of benzene rings is 3. The number of carbonyl (C=O) groups excluding carboxylic acids is 1. The average Bonchev–Trinajstić information content (AvgIpc) is 3.71. The number of anilines is 1. The highest BCUT2D eigenvalue weighted by molar-refractivity contribution is 7.86. The number of amides is 1. The van der Waals surface area contributed by atoms with Crippen LogP contribution >= 0.6 is 23.5 Å². The smallest absolute Gasteiger partial charge is 0.375 e. The Bertz CT molecular complexity index is 3140. The van der Waals surface area contributed by atoms with Crippen LogP contribution in [0.4, 0.5) is 28.4 Å². The van der Waals surface area contributed by atoms with Crippen molar-refractivity contribution in [3.63, 3.8) is 0 Å². The van der Waals surface area contributed by atoms with E-state index in [9.17, 15) is 59.3 Å². The molecule has 2 unspecified atom stereocenters. The van der Waals surface area contributed by atoms with E-state index in [1.165, 1.54) is 24.3 Å². The summed E-state index contributed by atoms with van der Waals surface area (Å²) in [7, 11) is -24.1. The number of phosphoric acid groups is 3. The standard InChI is InChI=1S/C35H39N8O20P3S2/c1-42(27-11-6-24(7-12-27)39-41-30-16-10-26(20-31(30)68(57,58)59)40-38-25-8-14-29(15-9-25)67(54,55)56)19-3-5-32(44)36-18-2-4-23-21-43(35(46)37-34(23)45)33-17-13-28(61-33)22-60-65(50,51)63-66(52,53)62-64(47,48)49/h6-12,14-16,20-21,28,33H,3,5,13,17-19,22H2,1H3,(H,36,44)(H,50,51)(H,52,53)(H,37,45,46)(H2,47,48,49)(H,54,55,56)(H,57,58,59)/t28-,33+/m0/s1. The number of ether oxygens (including phenoxy) is 1. The van der Waals surface area contributed by atoms with Crippen LogP contribution in [0, 0.1) is 11.8 Å². The first-order chi connectivity index (χ1) is 31.7. The lowest BCUT2D eigenvalue weighted by Gasteiger charge is -2.19. The van der Waals surface area contributed by atoms with Crippen LogP contribution in [0.25, 0.3) is 0 Å². The zero-order valence-electron chi connectivity index (χ0n) is 34.8. The molecule has 0 bridgehead atoms. The van der Waals surface area contributed by atoms with Crippen molar-refractivity contribution in [2.45, 2.75) is 47.8 Å². The van der Waals surface area contributed by atoms with Crippen LogP contribution in [0.1, 0.15) is 37.5 Å². The minimum atomic E-state index is -5.73. The molecule has 1 aromatic heterocycles. The molecule has 3 aromatic carbocycles. The fraction of sp³-hybridized carbons (Fsp3) is 0.286. The van der Waals surface area contributed by atoms with E-state index in [0.29, 0.717) is 18.7 Å². The quantitative estimate of drug-likeness (QED) is 0.0265. The van der Waals surface area contributed by atoms with E-state index in [4.69, 9.17) is 19.1 Å². The largest absolute Gasteiger partial charge is 0.490 e. The number of azo groups is 2. The first kappa shape index (κ1) is 53.5. The molecular weight excluding hydrogens is 1010 g/mol. The van der Waals surface area contributed by atoms with Crippen LogP contribution in [0.15, 0.2) is 113 Å². The Hall–Kier alpha value is -5.44. The Morgan fingerprint density at radius 2 is 1.49 bits per heavy atom. The minimum absolute atomic E-state index is 0.00744. The molecule has 2 heterocycles. The van der Waals surface area contributed by atoms with Gasteiger partial charge in [0.25, 0.3) is 25.8 Å². The van der Waals surface area contributed by atoms with E-state index in [1.807, 2.05) is 4.90 Å². The van der Waals surface area contributed by atoms with Gasteiger partial charge in [0, 0.05) is 31.9 Å². The van der Waals surface area contributed by atoms with E-state index in [-0.39, 0.29) is 59.2 Å². The Morgan fingerprint density at radius 3 is 2.12 bits per heavy atom. The van der Waals surface area contributed by atoms with Gasteiger partial charge in [0.15, 0.2) is 0 Å². The number of nitrogens with zero attached hydrogens (tertiary/aromatic N) is 6. The molecule has 1 fully saturated rings. The lowest BCUT2D eigenvalue weighted by atomic mass is 10.2. The number of phosphoric ester groups is 1. The highest BCUT2D eigenvalue weighted by Crippen LogP contribution is 2.66. The van der Waals surface area contributed by atoms with E-state index in [1.54, 1.807) is 31.3 Å². The molecular formula is C35H39N8O20P3S2. The second-order valence-electron chi connectivity index (χ2n) is 14.0. The highest BCUT2D eigenvalue weighted by atomic mass is 32.2. The van der Waals surface area contributed by atoms with Crippen molar-refractivity contribution < 1.29 is 81.9 Å². The van der Waals surface area contributed by atoms with Gasteiger partial charge in [-0.15, -0.1) is 5.11 Å². The molecule has 0 spiro atoms. The Kier molecular flexibility index (Phi) is 17.6. The number of carbonyl (C=O) groups is 1. The van der Waals surface area contributed by atoms with Crippen molar-refractivity contribution >= 4 is 78.0 Å². The Labute approximate surface area is 384 Å². The number of nitrogens with one attached hydrogen (secondary N) is 2. The molecule has 0 radical (unpaired) electrons. The van der Waals surface area contributed by atoms with Crippen LogP contribution in [0.2, 0.25) is 0 Å². The van der Waals surface area contributed by atoms with Gasteiger partial charge in [-0.1, -0.05) is 11.8 Å². The number of aromatic amines is 1. The minimum Gasteiger partial charge on any atom is -0.375 e. The van der Waals surface area contributed by atoms with Crippen LogP contribution in [-0.4, -0.2) is 93.8 Å². The zero-order valence-corrected chi connectivity index (χ0v) is 39.1. The van der Waals surface area contributed by atoms with Gasteiger partial charge in [-0.3, -0.25) is 32.8 Å². The van der Waals surface area contributed by atoms with Gasteiger partial charge in [0.1, 0.15) is 22.4 Å². The SMILES string of the molecule is CN(CCCC(=O)NCC#Cc1cn([C@H]2CC[C@@H](COP(=O)(O)OP(=O)(O)OP(=O)(O)O)O2)c(=O)[nH]c1=O)c1ccc(N=Nc2ccc(N=Nc3ccc(S(=O)(=O)O)cc3)cc2S(=O)(=O)O)cc1. The molecule has 8 N–H and O–H groups in total. The molecule has 0 saturated carbocycles. The zero-order chi connectivity index (χ0) is 50.1. The van der Waals surface area contributed by atoms with Gasteiger partial charge in [0.05, 0.1) is 41.2 Å². The first-order valence-corrected chi connectivity index (χ1v) is 26.5. The molecule has 1 saturated heterocycles. The fourth-order valence-electron chi connectivity index (χ4n) is 5.80. The van der Waals surface area contributed by atoms with E-state index < -0.39 is 78.8 Å². The van der Waals surface area contributed by atoms with Crippen molar-refractivity contribution in [3.05, 3.63) is 99.3 Å². The predicted molar refractivity (Wildman–Crippen MR) is 234 cm³/mol. The molecule has 366 valence electrons. The van der Waals surface area contributed by atoms with Crippen molar-refractivity contribution in [1.82, 2.24) is 14.9 Å². The maximum absolute atomic E-state index is 12.5. The second-order valence-corrected chi connectivity index (χ2v) is 21.2. The van der Waals surface area contributed by atoms with Crippen LogP contribution in [0.3, 0.4) is 0 Å². The van der Waals surface area contributed by atoms with Crippen LogP contribution in [-0.2, 0) is 56.6 Å². The lowest BCUT2D eigenvalue weighted by molar-refractivity contribution is -0.120. The summed E-state index contributed by atoms with van der Waals surface area (Å²) in [6.45, 7) is -0.458. The normalized spacial score (nSPS) is 17.3. The average molecular weight is 1050 g/mol. The lowest BCUT2D eigenvalue weighted by Crippen LogP contribution is -2.33. The summed E-state index contributed by atoms with van der Waals surface area (Å²) in [6, 6.07) is 14.9. The Balaban J connectivity index is 1.07. The summed E-state index contributed by atoms with van der Waals surface area (Å²) in [5, 5.41) is 18.4. The van der Waals surface area contributed by atoms with Crippen molar-refractivity contribution in [1.29, 1.82) is 0 Å². The number of hydrogen-bond acceptors (Lipinski definition) is 19. The molecule has 33 heteroatoms. The third-order valence-electron chi connectivity index (χ3n) is 8.90. The van der Waals surface area contributed by atoms with Gasteiger partial charge < -0.3 is 34.5 Å². The number of aromatic nitrogens is 2. The van der Waals surface area contributed by atoms with E-state index in [2.05, 4.69) is 55.7 Å². The molecule has 1 aliphatic rings. The van der Waals surface area contributed by atoms with Gasteiger partial charge in [-0.2, -0.15) is 40.8 Å². The van der Waals surface area contributed by atoms with Crippen LogP contribution in [0.5, 0.6) is 0 Å². The second kappa shape index (κ2) is 22.3. The highest BCUT2D eigenvalue weighted by Gasteiger charge is 2.41. The van der Waals surface area contributed by atoms with Gasteiger partial charge in [-0.05, 0) is 86.0 Å². The maximum atomic E-state index is 12.5. The number of hydrogen-bond donors (Lipinski definition) is 8. The summed E-state index contributed by atoms with van der Waals surface area (Å²) in [6.07, 6.45) is -0.156. The topological polar surface area (TPSA) is 414 Å². The maximum Gasteiger partial charge on any atom is 0.490 e. The van der Waals surface area contributed by atoms with E-state index >= 15 is 0 Å². The van der Waals surface area contributed by atoms with Crippen molar-refractivity contribution in [3.8, 4) is 11.8 Å². The number of rotatable bonds is 20. The molecule has 1 amide bonds. The van der Waals surface area contributed by atoms with Gasteiger partial charge >= 0.3 is 29.2 Å². The fourth-order valence-corrected chi connectivity index (χ4v) is 9.97. The molecule has 28 nitrogen and oxygen atoms in total. The molecule has 5 rings (SSSR count). The molecule has 1 aliphatic heterocycles. The third-order valence-corrected chi connectivity index (χ3v) is 14.5. The monoisotopic (exact) mass is 1050 g/mol. The van der Waals surface area contributed by atoms with Gasteiger partial charge in [-0.25, -0.2) is 18.5 Å². The summed E-state index contributed by atoms with van der Waals surface area (Å²) < 4.78 is 119. The van der Waals surface area contributed by atoms with E-state index in [0.717, 1.165) is 34.7 Å². The molecule has 0 aliphatic carbocycles. The Morgan fingerprint density at radius 1 is 0.868 bits per heavy atom. The first-order valence-electron chi connectivity index (χ1n) is 19.0. The predicted octanol–water partition coefficient (Wildman–Crippen LogP) is 4.27. The van der Waals surface area contributed by atoms with Crippen LogP contribution < -0.4 is 21.5 Å². The molecule has 4 aromatic rings. The van der Waals surface area contributed by atoms with Crippen molar-refractivity contribution in [2.75, 3.05) is 31.6 Å². The van der Waals surface area contributed by atoms with Gasteiger partial charge in [0.2, 0.25) is 5.91 Å².